The summed E-state index contributed by atoms with van der Waals surface area (Å²) in [5, 5.41) is 18.2. The molecule has 6 N–H and O–H groups in total. The predicted molar refractivity (Wildman–Crippen MR) is 146 cm³/mol. The molecule has 1 aromatic carbocycles. The number of aliphatic carboxylic acids is 1. The Balaban J connectivity index is 1.79. The van der Waals surface area contributed by atoms with Crippen LogP contribution in [0.15, 0.2) is 42.6 Å². The zero-order valence-corrected chi connectivity index (χ0v) is 22.7. The molecule has 3 atom stereocenters. The van der Waals surface area contributed by atoms with E-state index in [-0.39, 0.29) is 30.7 Å². The summed E-state index contributed by atoms with van der Waals surface area (Å²) in [4.78, 5) is 42.7. The van der Waals surface area contributed by atoms with Crippen molar-refractivity contribution in [1.29, 1.82) is 0 Å². The fraction of sp³-hybridized carbons (Fsp3) is 0.500. The lowest BCUT2D eigenvalue weighted by molar-refractivity contribution is -0.143. The topological polar surface area (TPSA) is 165 Å². The zero-order chi connectivity index (χ0) is 28.4. The third-order valence-electron chi connectivity index (χ3n) is 6.63. The highest BCUT2D eigenvalue weighted by atomic mass is 16.5. The first-order valence-electron chi connectivity index (χ1n) is 13.2. The number of carbonyl (C=O) groups is 3. The minimum atomic E-state index is -1.66. The van der Waals surface area contributed by atoms with Gasteiger partial charge in [0.1, 0.15) is 23.1 Å². The monoisotopic (exact) mass is 541 g/mol. The van der Waals surface area contributed by atoms with E-state index in [2.05, 4.69) is 20.9 Å². The Morgan fingerprint density at radius 3 is 2.54 bits per heavy atom. The number of amides is 3. The van der Waals surface area contributed by atoms with Gasteiger partial charge in [-0.15, -0.1) is 0 Å². The Hall–Kier alpha value is -3.86. The highest BCUT2D eigenvalue weighted by Crippen LogP contribution is 2.17. The van der Waals surface area contributed by atoms with Crippen LogP contribution >= 0.6 is 0 Å². The SMILES string of the molecule is CC(C)[C@H]1COCCCCOc2ccc(cc2)C[C@@H](NC(=O)N[C@@](C)(Cc2ccc(N)nc2)C(=O)O)C(=O)N1. The second-order valence-electron chi connectivity index (χ2n) is 10.4. The Kier molecular flexibility index (Phi) is 10.5. The minimum Gasteiger partial charge on any atom is -0.494 e. The number of rotatable bonds is 6. The molecule has 0 saturated carbocycles. The summed E-state index contributed by atoms with van der Waals surface area (Å²) >= 11 is 0. The molecule has 4 rings (SSSR count). The van der Waals surface area contributed by atoms with Crippen LogP contribution in [0.5, 0.6) is 5.75 Å². The fourth-order valence-electron chi connectivity index (χ4n) is 4.12. The number of carboxylic acids is 1. The number of carboxylic acid groups (broad SMARTS) is 1. The smallest absolute Gasteiger partial charge is 0.329 e. The van der Waals surface area contributed by atoms with E-state index in [0.717, 1.165) is 18.4 Å². The maximum atomic E-state index is 13.4. The van der Waals surface area contributed by atoms with Crippen molar-refractivity contribution in [2.45, 2.75) is 64.1 Å². The number of urea groups is 1. The molecule has 11 nitrogen and oxygen atoms in total. The predicted octanol–water partition coefficient (Wildman–Crippen LogP) is 2.29. The summed E-state index contributed by atoms with van der Waals surface area (Å²) in [5.74, 6) is -0.511. The molecule has 11 heteroatoms. The normalized spacial score (nSPS) is 20.4. The summed E-state index contributed by atoms with van der Waals surface area (Å²) in [6.45, 7) is 6.82. The lowest BCUT2D eigenvalue weighted by Gasteiger charge is -2.29. The van der Waals surface area contributed by atoms with Gasteiger partial charge in [-0.2, -0.15) is 0 Å². The van der Waals surface area contributed by atoms with E-state index in [1.165, 1.54) is 13.1 Å². The number of benzene rings is 1. The number of hydrogen-bond acceptors (Lipinski definition) is 7. The van der Waals surface area contributed by atoms with Gasteiger partial charge in [0, 0.05) is 25.6 Å². The number of ether oxygens (including phenoxy) is 2. The Labute approximate surface area is 228 Å². The number of aromatic nitrogens is 1. The molecule has 1 aromatic heterocycles. The van der Waals surface area contributed by atoms with Crippen molar-refractivity contribution in [3.8, 4) is 5.75 Å². The lowest BCUT2D eigenvalue weighted by atomic mass is 9.93. The molecule has 0 saturated heterocycles. The van der Waals surface area contributed by atoms with Gasteiger partial charge in [0.2, 0.25) is 5.91 Å². The van der Waals surface area contributed by atoms with Gasteiger partial charge in [-0.25, -0.2) is 14.6 Å². The van der Waals surface area contributed by atoms with E-state index in [9.17, 15) is 19.5 Å². The quantitative estimate of drug-likeness (QED) is 0.372. The van der Waals surface area contributed by atoms with Crippen LogP contribution in [-0.4, -0.2) is 65.4 Å². The zero-order valence-electron chi connectivity index (χ0n) is 22.7. The van der Waals surface area contributed by atoms with Crippen molar-refractivity contribution >= 4 is 23.7 Å². The van der Waals surface area contributed by atoms with E-state index in [4.69, 9.17) is 15.2 Å². The molecular weight excluding hydrogens is 502 g/mol. The van der Waals surface area contributed by atoms with Gasteiger partial charge in [-0.05, 0) is 55.0 Å². The molecule has 0 unspecified atom stereocenters. The van der Waals surface area contributed by atoms with Crippen LogP contribution < -0.4 is 26.4 Å². The molecule has 0 aliphatic carbocycles. The van der Waals surface area contributed by atoms with Gasteiger partial charge in [-0.1, -0.05) is 32.0 Å². The van der Waals surface area contributed by atoms with Crippen LogP contribution in [0.25, 0.3) is 0 Å². The second kappa shape index (κ2) is 13.8. The third-order valence-corrected chi connectivity index (χ3v) is 6.63. The summed E-state index contributed by atoms with van der Waals surface area (Å²) in [5.41, 5.74) is 5.35. The van der Waals surface area contributed by atoms with Gasteiger partial charge < -0.3 is 36.3 Å². The molecule has 2 aliphatic rings. The maximum Gasteiger partial charge on any atom is 0.329 e. The minimum absolute atomic E-state index is 0.0336. The Morgan fingerprint density at radius 1 is 1.18 bits per heavy atom. The number of nitrogens with one attached hydrogen (secondary N) is 3. The molecular formula is C28H39N5O6. The van der Waals surface area contributed by atoms with Crippen LogP contribution in [0.2, 0.25) is 0 Å². The summed E-state index contributed by atoms with van der Waals surface area (Å²) in [6, 6.07) is 8.54. The summed E-state index contributed by atoms with van der Waals surface area (Å²) < 4.78 is 11.6. The van der Waals surface area contributed by atoms with E-state index < -0.39 is 23.6 Å². The third kappa shape index (κ3) is 9.13. The first kappa shape index (κ1) is 29.7. The van der Waals surface area contributed by atoms with Crippen molar-refractivity contribution in [1.82, 2.24) is 20.9 Å². The molecule has 0 radical (unpaired) electrons. The first-order chi connectivity index (χ1) is 18.6. The first-order valence-corrected chi connectivity index (χ1v) is 13.2. The molecule has 2 bridgehead atoms. The highest BCUT2D eigenvalue weighted by Gasteiger charge is 2.36. The van der Waals surface area contributed by atoms with Crippen molar-refractivity contribution < 1.29 is 29.0 Å². The number of carbonyl (C=O) groups excluding carboxylic acids is 2. The van der Waals surface area contributed by atoms with Gasteiger partial charge >= 0.3 is 12.0 Å². The largest absolute Gasteiger partial charge is 0.494 e. The standard InChI is InChI=1S/C28H39N5O6/c1-18(2)23-17-38-12-4-5-13-39-21-9-6-19(7-10-21)14-22(25(34)31-23)32-27(37)33-28(3,26(35)36)15-20-8-11-24(29)30-16-20/h6-11,16,18,22-23H,4-5,12-15,17H2,1-3H3,(H2,29,30)(H,31,34)(H,35,36)(H2,32,33,37)/t22-,23-,28+/m1/s1. The number of nitrogen functional groups attached to an aromatic ring is 1. The van der Waals surface area contributed by atoms with Gasteiger partial charge in [0.05, 0.1) is 19.3 Å². The Bertz CT molecular complexity index is 1110. The van der Waals surface area contributed by atoms with Crippen LogP contribution in [-0.2, 0) is 27.2 Å². The average Bonchev–Trinajstić information content (AvgIpc) is 2.88. The van der Waals surface area contributed by atoms with E-state index in [0.29, 0.717) is 37.0 Å². The van der Waals surface area contributed by atoms with Gasteiger partial charge in [0.25, 0.3) is 0 Å². The van der Waals surface area contributed by atoms with Crippen LogP contribution in [0, 0.1) is 5.92 Å². The van der Waals surface area contributed by atoms with Crippen molar-refractivity contribution in [3.63, 3.8) is 0 Å². The van der Waals surface area contributed by atoms with E-state index in [1.54, 1.807) is 12.1 Å². The fourth-order valence-corrected chi connectivity index (χ4v) is 4.12. The van der Waals surface area contributed by atoms with Crippen molar-refractivity contribution in [2.24, 2.45) is 5.92 Å². The molecule has 3 amide bonds. The van der Waals surface area contributed by atoms with Crippen LogP contribution in [0.4, 0.5) is 10.6 Å². The molecule has 212 valence electrons. The number of nitrogens with zero attached hydrogens (tertiary/aromatic N) is 1. The Morgan fingerprint density at radius 2 is 1.90 bits per heavy atom. The maximum absolute atomic E-state index is 13.4. The van der Waals surface area contributed by atoms with Crippen molar-refractivity contribution in [2.75, 3.05) is 25.6 Å². The van der Waals surface area contributed by atoms with Crippen molar-refractivity contribution in [3.05, 3.63) is 53.7 Å². The van der Waals surface area contributed by atoms with Gasteiger partial charge in [0.15, 0.2) is 0 Å². The molecule has 0 fully saturated rings. The molecule has 39 heavy (non-hydrogen) atoms. The van der Waals surface area contributed by atoms with Gasteiger partial charge in [-0.3, -0.25) is 4.79 Å². The molecule has 3 heterocycles. The number of hydrogen-bond donors (Lipinski definition) is 5. The lowest BCUT2D eigenvalue weighted by Crippen LogP contribution is -2.60. The highest BCUT2D eigenvalue weighted by molar-refractivity contribution is 5.90. The molecule has 0 spiro atoms. The average molecular weight is 542 g/mol. The van der Waals surface area contributed by atoms with E-state index in [1.807, 2.05) is 38.1 Å². The van der Waals surface area contributed by atoms with Crippen LogP contribution in [0.3, 0.4) is 0 Å². The second-order valence-corrected chi connectivity index (χ2v) is 10.4. The number of nitrogens with two attached hydrogens (primary N) is 1. The summed E-state index contributed by atoms with van der Waals surface area (Å²) in [7, 11) is 0. The number of anilines is 1. The number of pyridine rings is 1. The number of fused-ring (bicyclic) bond motifs is 13. The molecule has 2 aliphatic heterocycles. The summed E-state index contributed by atoms with van der Waals surface area (Å²) in [6.07, 6.45) is 3.31. The van der Waals surface area contributed by atoms with E-state index >= 15 is 0 Å². The molecule has 2 aromatic rings. The van der Waals surface area contributed by atoms with Crippen LogP contribution in [0.1, 0.15) is 44.7 Å².